The van der Waals surface area contributed by atoms with Crippen molar-refractivity contribution in [3.63, 3.8) is 0 Å². The molecular formula is C32H52N2O2. The second kappa shape index (κ2) is 15.1. The van der Waals surface area contributed by atoms with E-state index in [1.54, 1.807) is 5.57 Å². The quantitative estimate of drug-likeness (QED) is 0.278. The Balaban J connectivity index is 0.000000356. The van der Waals surface area contributed by atoms with Crippen LogP contribution in [0.3, 0.4) is 0 Å². The molecule has 0 aromatic rings. The van der Waals surface area contributed by atoms with Crippen LogP contribution in [0.1, 0.15) is 93.9 Å². The lowest BCUT2D eigenvalue weighted by Crippen LogP contribution is -2.62. The number of unbranched alkanes of at least 4 members (excludes halogenated alkanes) is 1. The summed E-state index contributed by atoms with van der Waals surface area (Å²) in [5.74, 6) is 2.23. The number of hydrogen-bond acceptors (Lipinski definition) is 2. The van der Waals surface area contributed by atoms with Crippen LogP contribution < -0.4 is 5.32 Å². The first-order valence-electron chi connectivity index (χ1n) is 13.9. The van der Waals surface area contributed by atoms with Crippen LogP contribution in [0.5, 0.6) is 0 Å². The molecule has 0 aromatic heterocycles. The van der Waals surface area contributed by atoms with E-state index in [2.05, 4.69) is 84.0 Å². The molecule has 2 amide bonds. The molecule has 4 nitrogen and oxygen atoms in total. The number of allylic oxidation sites excluding steroid dienone is 6. The lowest BCUT2D eigenvalue weighted by atomic mass is 9.61. The average Bonchev–Trinajstić information content (AvgIpc) is 3.69. The van der Waals surface area contributed by atoms with Gasteiger partial charge in [0.2, 0.25) is 11.8 Å². The molecule has 4 fully saturated rings. The highest BCUT2D eigenvalue weighted by atomic mass is 16.2. The number of amides is 2. The lowest BCUT2D eigenvalue weighted by molar-refractivity contribution is -0.155. The van der Waals surface area contributed by atoms with Gasteiger partial charge < -0.3 is 10.2 Å². The van der Waals surface area contributed by atoms with Crippen LogP contribution in [0.4, 0.5) is 0 Å². The van der Waals surface area contributed by atoms with Gasteiger partial charge in [0.1, 0.15) is 0 Å². The largest absolute Gasteiger partial charge is 0.351 e. The van der Waals surface area contributed by atoms with Crippen LogP contribution in [0.15, 0.2) is 35.5 Å². The van der Waals surface area contributed by atoms with Gasteiger partial charge in [-0.3, -0.25) is 9.59 Å². The molecule has 4 heteroatoms. The van der Waals surface area contributed by atoms with Crippen molar-refractivity contribution in [3.05, 3.63) is 35.5 Å². The van der Waals surface area contributed by atoms with Crippen molar-refractivity contribution in [2.45, 2.75) is 99.5 Å². The van der Waals surface area contributed by atoms with Crippen molar-refractivity contribution < 1.29 is 9.59 Å². The van der Waals surface area contributed by atoms with E-state index in [0.717, 1.165) is 31.8 Å². The molecule has 2 unspecified atom stereocenters. The Morgan fingerprint density at radius 1 is 1.06 bits per heavy atom. The maximum atomic E-state index is 12.4. The first-order valence-corrected chi connectivity index (χ1v) is 13.9. The third-order valence-corrected chi connectivity index (χ3v) is 7.85. The Hall–Kier alpha value is -2.28. The molecule has 4 aliphatic rings. The summed E-state index contributed by atoms with van der Waals surface area (Å²) >= 11 is 0. The topological polar surface area (TPSA) is 49.4 Å². The zero-order chi connectivity index (χ0) is 27.5. The first kappa shape index (κ1) is 31.7. The molecule has 2 atom stereocenters. The highest BCUT2D eigenvalue weighted by Gasteiger charge is 2.51. The highest BCUT2D eigenvalue weighted by molar-refractivity contribution is 5.83. The van der Waals surface area contributed by atoms with Crippen LogP contribution >= 0.6 is 0 Å². The van der Waals surface area contributed by atoms with Gasteiger partial charge in [0.15, 0.2) is 0 Å². The Labute approximate surface area is 222 Å². The molecule has 2 heterocycles. The van der Waals surface area contributed by atoms with Crippen molar-refractivity contribution in [1.82, 2.24) is 10.2 Å². The Morgan fingerprint density at radius 3 is 2.11 bits per heavy atom. The van der Waals surface area contributed by atoms with E-state index in [9.17, 15) is 9.59 Å². The monoisotopic (exact) mass is 496 g/mol. The Morgan fingerprint density at radius 2 is 1.64 bits per heavy atom. The molecular weight excluding hydrogens is 444 g/mol. The first-order chi connectivity index (χ1) is 17.0. The fourth-order valence-corrected chi connectivity index (χ4v) is 4.88. The molecule has 0 aromatic carbocycles. The van der Waals surface area contributed by atoms with Crippen LogP contribution in [0.25, 0.3) is 0 Å². The van der Waals surface area contributed by atoms with Gasteiger partial charge in [0, 0.05) is 30.5 Å². The minimum Gasteiger partial charge on any atom is -0.351 e. The fraction of sp³-hybridized carbons (Fsp3) is 0.688. The maximum Gasteiger partial charge on any atom is 0.225 e. The number of carbonyl (C=O) groups excluding carboxylic acids is 2. The van der Waals surface area contributed by atoms with E-state index >= 15 is 0 Å². The summed E-state index contributed by atoms with van der Waals surface area (Å²) in [5, 5.41) is 3.16. The van der Waals surface area contributed by atoms with Gasteiger partial charge in [-0.15, -0.1) is 12.8 Å². The molecule has 36 heavy (non-hydrogen) atoms. The molecule has 2 saturated heterocycles. The number of nitrogens with one attached hydrogen (secondary N) is 1. The SMILES string of the molecule is C#C.CCC(C)(C)NC(=O)C1C2CC1CN(C(=O)C(C)C)C2.CCC\C=C/C=C\C(C)=C(\C)C1CC1. The molecule has 2 saturated carbocycles. The van der Waals surface area contributed by atoms with Crippen LogP contribution in [-0.4, -0.2) is 35.3 Å². The lowest BCUT2D eigenvalue weighted by Gasteiger charge is -2.53. The van der Waals surface area contributed by atoms with Crippen LogP contribution in [-0.2, 0) is 9.59 Å². The third kappa shape index (κ3) is 9.64. The highest BCUT2D eigenvalue weighted by Crippen LogP contribution is 2.46. The summed E-state index contributed by atoms with van der Waals surface area (Å²) in [6.07, 6.45) is 24.1. The predicted molar refractivity (Wildman–Crippen MR) is 153 cm³/mol. The molecule has 202 valence electrons. The number of terminal acetylenes is 1. The van der Waals surface area contributed by atoms with Crippen molar-refractivity contribution in [3.8, 4) is 12.8 Å². The molecule has 2 aliphatic carbocycles. The molecule has 0 radical (unpaired) electrons. The number of piperidine rings is 2. The van der Waals surface area contributed by atoms with E-state index in [-0.39, 0.29) is 29.2 Å². The van der Waals surface area contributed by atoms with Gasteiger partial charge >= 0.3 is 0 Å². The molecule has 0 spiro atoms. The van der Waals surface area contributed by atoms with Crippen molar-refractivity contribution >= 4 is 11.8 Å². The number of fused-ring (bicyclic) bond motifs is 2. The van der Waals surface area contributed by atoms with Gasteiger partial charge in [-0.2, -0.15) is 0 Å². The summed E-state index contributed by atoms with van der Waals surface area (Å²) < 4.78 is 0. The maximum absolute atomic E-state index is 12.4. The third-order valence-electron chi connectivity index (χ3n) is 7.85. The van der Waals surface area contributed by atoms with E-state index in [1.807, 2.05) is 18.7 Å². The van der Waals surface area contributed by atoms with Gasteiger partial charge in [-0.25, -0.2) is 0 Å². The molecule has 4 rings (SSSR count). The van der Waals surface area contributed by atoms with Gasteiger partial charge in [-0.1, -0.05) is 69.6 Å². The standard InChI is InChI=1S/C16H28N2O2.C14H22.C2H2/c1-6-16(4,5)17-14(19)13-11-7-12(13)9-18(8-11)15(20)10(2)3;1-4-5-6-7-8-9-12(2)13(3)14-10-11-14;1-2/h10-13H,6-9H2,1-5H3,(H,17,19);6-9,14H,4-5,10-11H2,1-3H3;1-2H/b;7-6-,9-8-,13-12-;. The number of nitrogens with zero attached hydrogens (tertiary/aromatic N) is 1. The van der Waals surface area contributed by atoms with E-state index in [4.69, 9.17) is 0 Å². The summed E-state index contributed by atoms with van der Waals surface area (Å²) in [4.78, 5) is 26.4. The fourth-order valence-electron chi connectivity index (χ4n) is 4.88. The second-order valence-electron chi connectivity index (χ2n) is 11.6. The molecule has 2 aliphatic heterocycles. The minimum atomic E-state index is -0.131. The summed E-state index contributed by atoms with van der Waals surface area (Å²) in [6, 6.07) is 0. The minimum absolute atomic E-state index is 0.0544. The predicted octanol–water partition coefficient (Wildman–Crippen LogP) is 6.94. The number of rotatable bonds is 9. The smallest absolute Gasteiger partial charge is 0.225 e. The number of carbonyl (C=O) groups is 2. The van der Waals surface area contributed by atoms with Crippen LogP contribution in [0.2, 0.25) is 0 Å². The summed E-state index contributed by atoms with van der Waals surface area (Å²) in [6.45, 7) is 18.3. The Kier molecular flexibility index (Phi) is 13.3. The Bertz CT molecular complexity index is 814. The van der Waals surface area contributed by atoms with E-state index < -0.39 is 0 Å². The van der Waals surface area contributed by atoms with E-state index in [0.29, 0.717) is 11.8 Å². The summed E-state index contributed by atoms with van der Waals surface area (Å²) in [7, 11) is 0. The second-order valence-corrected chi connectivity index (χ2v) is 11.6. The van der Waals surface area contributed by atoms with E-state index in [1.165, 1.54) is 31.3 Å². The van der Waals surface area contributed by atoms with Crippen molar-refractivity contribution in [2.24, 2.45) is 29.6 Å². The summed E-state index contributed by atoms with van der Waals surface area (Å²) in [5.41, 5.74) is 2.91. The van der Waals surface area contributed by atoms with Crippen LogP contribution in [0, 0.1) is 42.4 Å². The van der Waals surface area contributed by atoms with Gasteiger partial charge in [0.25, 0.3) is 0 Å². The van der Waals surface area contributed by atoms with Gasteiger partial charge in [-0.05, 0) is 77.6 Å². The molecule has 1 N–H and O–H groups in total. The normalized spacial score (nSPS) is 23.8. The van der Waals surface area contributed by atoms with Crippen molar-refractivity contribution in [1.29, 1.82) is 0 Å². The molecule has 2 bridgehead atoms. The van der Waals surface area contributed by atoms with Gasteiger partial charge in [0.05, 0.1) is 0 Å². The average molecular weight is 497 g/mol. The van der Waals surface area contributed by atoms with Crippen molar-refractivity contribution in [2.75, 3.05) is 13.1 Å². The number of hydrogen-bond donors (Lipinski definition) is 1. The zero-order valence-corrected chi connectivity index (χ0v) is 24.3. The zero-order valence-electron chi connectivity index (χ0n) is 24.3.